The number of nitrogens with zero attached hydrogens (tertiary/aromatic N) is 9. The SMILES string of the molecule is CN1Cc2ccc(Cl)cc2C1c1cc(C(=O)c2cncnc2N[C@@H]2C[C@H](COS(N)(=O)=O)[C@@H](O)C2)sc1Cl.Cc1sc(C(=O)c2cncnc2N[C@@H]2C[C@H](COS(N)(=O)=O)[C@@H](O)C2)cc1C1OCCc2ccc(Cl)nc21.Cc1sc(C(=O)c2cncnc2N[C@@H]2C[C@H](COS(N)(=O)=O)[C@@H](O)C2)cc1C1OCCc2cccnc21. The van der Waals surface area contributed by atoms with Crippen LogP contribution in [-0.2, 0) is 72.3 Å². The molecule has 6 aliphatic rings. The number of anilines is 3. The van der Waals surface area contributed by atoms with Crippen LogP contribution >= 0.6 is 68.8 Å². The van der Waals surface area contributed by atoms with Crippen LogP contribution in [0.4, 0.5) is 17.5 Å². The van der Waals surface area contributed by atoms with Crippen molar-refractivity contribution in [1.82, 2.24) is 44.8 Å². The number of nitrogens with two attached hydrogens (primary N) is 3. The Bertz CT molecular complexity index is 5400. The maximum atomic E-state index is 13.6. The van der Waals surface area contributed by atoms with Gasteiger partial charge in [0.2, 0.25) is 17.3 Å². The molecule has 600 valence electrons. The lowest BCUT2D eigenvalue weighted by molar-refractivity contribution is 0.0662. The van der Waals surface area contributed by atoms with Crippen LogP contribution in [0.5, 0.6) is 0 Å². The smallest absolute Gasteiger partial charge is 0.333 e. The minimum Gasteiger partial charge on any atom is -0.393 e. The Balaban J connectivity index is 0.000000148. The quantitative estimate of drug-likeness (QED) is 0.0205. The first-order valence-electron chi connectivity index (χ1n) is 35.5. The van der Waals surface area contributed by atoms with Crippen LogP contribution < -0.4 is 31.4 Å². The lowest BCUT2D eigenvalue weighted by atomic mass is 9.98. The molecule has 0 spiro atoms. The van der Waals surface area contributed by atoms with E-state index >= 15 is 0 Å². The molecule has 113 heavy (non-hydrogen) atoms. The Labute approximate surface area is 677 Å². The number of hydrogen-bond acceptors (Lipinski definition) is 32. The van der Waals surface area contributed by atoms with Gasteiger partial charge in [0.25, 0.3) is 0 Å². The fourth-order valence-corrected chi connectivity index (χ4v) is 19.7. The number of halogens is 3. The fraction of sp³-hybridized carbons (Fsp3) is 0.403. The molecule has 1 aromatic carbocycles. The normalized spacial score (nSPS) is 23.4. The van der Waals surface area contributed by atoms with Crippen LogP contribution in [0.2, 0.25) is 14.5 Å². The van der Waals surface area contributed by atoms with E-state index in [1.165, 1.54) is 71.6 Å². The first-order chi connectivity index (χ1) is 53.8. The van der Waals surface area contributed by atoms with Gasteiger partial charge in [-0.2, -0.15) is 25.3 Å². The molecule has 15 rings (SSSR count). The topological polar surface area (TPSA) is 481 Å². The highest BCUT2D eigenvalue weighted by Crippen LogP contribution is 2.46. The largest absolute Gasteiger partial charge is 0.393 e. The second kappa shape index (κ2) is 35.5. The molecule has 3 aliphatic carbocycles. The highest BCUT2D eigenvalue weighted by Gasteiger charge is 2.40. The maximum absolute atomic E-state index is 13.6. The zero-order valence-corrected chi connectivity index (χ0v) is 67.7. The zero-order valence-electron chi connectivity index (χ0n) is 60.5. The van der Waals surface area contributed by atoms with Gasteiger partial charge in [-0.05, 0) is 137 Å². The number of aryl methyl sites for hydroxylation is 2. The number of thiophene rings is 3. The molecular formula is C72H78Cl3N15O17S6. The summed E-state index contributed by atoms with van der Waals surface area (Å²) in [6.45, 7) is 5.09. The zero-order chi connectivity index (χ0) is 80.4. The van der Waals surface area contributed by atoms with Crippen molar-refractivity contribution < 1.29 is 77.0 Å². The van der Waals surface area contributed by atoms with Crippen molar-refractivity contribution in [2.75, 3.05) is 56.0 Å². The Kier molecular flexibility index (Phi) is 26.2. The Hall–Kier alpha value is -7.49. The van der Waals surface area contributed by atoms with Gasteiger partial charge in [0, 0.05) is 98.7 Å². The van der Waals surface area contributed by atoms with Gasteiger partial charge in [-0.3, -0.25) is 36.8 Å². The molecule has 0 amide bonds. The summed E-state index contributed by atoms with van der Waals surface area (Å²) in [5.41, 5.74) is 9.51. The van der Waals surface area contributed by atoms with Crippen molar-refractivity contribution in [2.24, 2.45) is 33.2 Å². The summed E-state index contributed by atoms with van der Waals surface area (Å²) in [5.74, 6) is -1.08. The summed E-state index contributed by atoms with van der Waals surface area (Å²) in [5, 5.41) is 56.4. The minimum atomic E-state index is -4.11. The molecule has 32 nitrogen and oxygen atoms in total. The van der Waals surface area contributed by atoms with Crippen LogP contribution in [0, 0.1) is 31.6 Å². The van der Waals surface area contributed by atoms with E-state index in [1.54, 1.807) is 12.3 Å². The third-order valence-electron chi connectivity index (χ3n) is 20.3. The molecule has 3 aliphatic heterocycles. The predicted octanol–water partition coefficient (Wildman–Crippen LogP) is 7.85. The number of ether oxygens (including phenoxy) is 2. The van der Waals surface area contributed by atoms with Crippen molar-refractivity contribution in [2.45, 2.75) is 126 Å². The van der Waals surface area contributed by atoms with E-state index in [0.717, 1.165) is 79.5 Å². The van der Waals surface area contributed by atoms with E-state index in [1.807, 2.05) is 69.4 Å². The standard InChI is InChI=1S/C24H25Cl2N5O5S2.C24H26ClN5O6S2.C24H27N5O6S2/c1-31-9-12-2-3-14(25)5-16(12)21(31)17-7-20(37-23(17)26)22(33)18-8-28-11-29-24(18)30-15-4-13(19(32)6-15)10-36-38(27,34)35;1-12-16(23-21-13(4-5-35-23)2-3-20(25)30-21)8-19(37-12)22(32)17-9-27-11-28-24(17)29-15-6-14(18(31)7-15)10-36-38(26,33)34;1-13-17(23-21-14(4-6-34-23)3-2-5-27-21)9-20(36-13)22(31)18-10-26-12-28-24(18)29-16-7-15(19(30)8-16)11-35-37(25,32)33/h2-3,5,7-8,11,13,15,19,21,32H,4,6,9-10H2,1H3,(H2,27,34,35)(H,28,29,30);2-3,8-9,11,14-15,18,23,31H,4-7,10H2,1H3,(H2,26,33,34)(H,27,28,29);2-3,5,9-10,12,15-16,19,23,30H,4,6-8,11H2,1H3,(H2,25,32,33)(H,26,28,29)/t13-,15-,19+,21?;14-,15-,18+,23?;15-,16-,19+,23?/m111/s1. The van der Waals surface area contributed by atoms with Crippen molar-refractivity contribution in [3.8, 4) is 0 Å². The number of rotatable bonds is 24. The van der Waals surface area contributed by atoms with Crippen LogP contribution in [0.15, 0.2) is 104 Å². The van der Waals surface area contributed by atoms with Gasteiger partial charge in [0.15, 0.2) is 0 Å². The number of pyridine rings is 2. The van der Waals surface area contributed by atoms with Crippen molar-refractivity contribution in [3.05, 3.63) is 210 Å². The molecule has 3 fully saturated rings. The third kappa shape index (κ3) is 20.3. The average molecular weight is 1720 g/mol. The van der Waals surface area contributed by atoms with Crippen molar-refractivity contribution in [1.29, 1.82) is 0 Å². The number of carbonyl (C=O) groups is 3. The average Bonchev–Trinajstić information content (AvgIpc) is 1.63. The lowest BCUT2D eigenvalue weighted by Gasteiger charge is -2.25. The molecule has 11 heterocycles. The Morgan fingerprint density at radius 3 is 1.41 bits per heavy atom. The number of fused-ring (bicyclic) bond motifs is 3. The summed E-state index contributed by atoms with van der Waals surface area (Å²) >= 11 is 23.0. The number of aliphatic hydroxyl groups is 3. The molecular weight excluding hydrogens is 1650 g/mol. The Morgan fingerprint density at radius 2 is 0.956 bits per heavy atom. The summed E-state index contributed by atoms with van der Waals surface area (Å²) < 4.78 is 93.2. The van der Waals surface area contributed by atoms with Gasteiger partial charge >= 0.3 is 30.9 Å². The molecule has 0 radical (unpaired) electrons. The molecule has 9 aromatic rings. The van der Waals surface area contributed by atoms with Crippen LogP contribution in [-0.4, -0.2) is 179 Å². The summed E-state index contributed by atoms with van der Waals surface area (Å²) in [4.78, 5) is 80.2. The van der Waals surface area contributed by atoms with E-state index in [2.05, 4.69) is 79.3 Å². The molecule has 41 heteroatoms. The maximum Gasteiger partial charge on any atom is 0.333 e. The van der Waals surface area contributed by atoms with Gasteiger partial charge in [-0.25, -0.2) is 50.3 Å². The summed E-state index contributed by atoms with van der Waals surface area (Å²) in [6.07, 6.45) is 10.7. The van der Waals surface area contributed by atoms with Crippen LogP contribution in [0.25, 0.3) is 0 Å². The van der Waals surface area contributed by atoms with E-state index in [4.69, 9.17) is 59.7 Å². The van der Waals surface area contributed by atoms with E-state index in [9.17, 15) is 55.0 Å². The van der Waals surface area contributed by atoms with Crippen LogP contribution in [0.1, 0.15) is 163 Å². The van der Waals surface area contributed by atoms with Gasteiger partial charge < -0.3 is 40.7 Å². The number of ketones is 3. The van der Waals surface area contributed by atoms with E-state index < -0.39 is 73.1 Å². The number of aliphatic hydroxyl groups excluding tert-OH is 3. The van der Waals surface area contributed by atoms with Gasteiger partial charge in [0.1, 0.15) is 53.8 Å². The van der Waals surface area contributed by atoms with Gasteiger partial charge in [-0.15, -0.1) is 34.0 Å². The van der Waals surface area contributed by atoms with Gasteiger partial charge in [-0.1, -0.05) is 53.0 Å². The molecule has 0 saturated heterocycles. The second-order valence-corrected chi connectivity index (χ2v) is 36.7. The summed E-state index contributed by atoms with van der Waals surface area (Å²) in [6, 6.07) is 18.1. The molecule has 8 aromatic heterocycles. The number of aromatic nitrogens is 8. The molecule has 3 saturated carbocycles. The minimum absolute atomic E-state index is 0.130. The van der Waals surface area contributed by atoms with Crippen molar-refractivity contribution >= 4 is 135 Å². The molecule has 12 N–H and O–H groups in total. The monoisotopic (exact) mass is 1720 g/mol. The van der Waals surface area contributed by atoms with E-state index in [0.29, 0.717) is 104 Å². The van der Waals surface area contributed by atoms with E-state index in [-0.39, 0.29) is 78.6 Å². The number of nitrogens with one attached hydrogen (secondary N) is 3. The first-order valence-corrected chi connectivity index (χ1v) is 43.5. The van der Waals surface area contributed by atoms with Crippen LogP contribution in [0.3, 0.4) is 0 Å². The molecule has 0 bridgehead atoms. The second-order valence-electron chi connectivity index (χ2n) is 28.1. The summed E-state index contributed by atoms with van der Waals surface area (Å²) in [7, 11) is -10.3. The van der Waals surface area contributed by atoms with Crippen molar-refractivity contribution in [3.63, 3.8) is 0 Å². The fourth-order valence-electron chi connectivity index (χ4n) is 15.0. The first kappa shape index (κ1) is 83.5. The van der Waals surface area contributed by atoms with Gasteiger partial charge in [0.05, 0.1) is 104 Å². The number of hydrogen-bond donors (Lipinski definition) is 9. The third-order valence-corrected chi connectivity index (χ3v) is 25.7. The number of benzene rings is 1. The molecule has 12 atom stereocenters. The molecule has 3 unspecified atom stereocenters. The highest BCUT2D eigenvalue weighted by molar-refractivity contribution is 7.84. The number of carbonyl (C=O) groups excluding carboxylic acids is 3. The Morgan fingerprint density at radius 1 is 0.540 bits per heavy atom. The highest BCUT2D eigenvalue weighted by atomic mass is 35.5. The lowest BCUT2D eigenvalue weighted by Crippen LogP contribution is -2.24. The predicted molar refractivity (Wildman–Crippen MR) is 421 cm³/mol.